The third-order valence-electron chi connectivity index (χ3n) is 5.08. The Bertz CT molecular complexity index is 522. The van der Waals surface area contributed by atoms with Crippen LogP contribution in [0.3, 0.4) is 0 Å². The summed E-state index contributed by atoms with van der Waals surface area (Å²) in [7, 11) is 0. The van der Waals surface area contributed by atoms with Crippen molar-refractivity contribution < 1.29 is 0 Å². The zero-order valence-corrected chi connectivity index (χ0v) is 12.9. The lowest BCUT2D eigenvalue weighted by Gasteiger charge is -2.21. The van der Waals surface area contributed by atoms with Crippen LogP contribution in [-0.4, -0.2) is 0 Å². The standard InChI is InChI=1S/C20H26/c1-15-7-9-18(10-8-15)20-12-11-19(16(2)13-20)14-17-5-3-4-6-17/h7-10,13,17H,3-6,11-12,14H2,1-2H3. The van der Waals surface area contributed by atoms with Gasteiger partial charge in [-0.3, -0.25) is 0 Å². The van der Waals surface area contributed by atoms with Gasteiger partial charge in [0.25, 0.3) is 0 Å². The number of rotatable bonds is 3. The molecule has 0 atom stereocenters. The fourth-order valence-corrected chi connectivity index (χ4v) is 3.74. The topological polar surface area (TPSA) is 0 Å². The normalized spacial score (nSPS) is 20.4. The Balaban J connectivity index is 1.75. The first kappa shape index (κ1) is 13.7. The van der Waals surface area contributed by atoms with Crippen molar-refractivity contribution in [3.63, 3.8) is 0 Å². The zero-order valence-electron chi connectivity index (χ0n) is 12.9. The van der Waals surface area contributed by atoms with E-state index in [1.807, 2.05) is 0 Å². The second-order valence-corrected chi connectivity index (χ2v) is 6.68. The average molecular weight is 266 g/mol. The Labute approximate surface area is 123 Å². The van der Waals surface area contributed by atoms with E-state index in [-0.39, 0.29) is 0 Å². The summed E-state index contributed by atoms with van der Waals surface area (Å²) >= 11 is 0. The van der Waals surface area contributed by atoms with Crippen molar-refractivity contribution >= 4 is 5.57 Å². The maximum Gasteiger partial charge on any atom is -0.0224 e. The van der Waals surface area contributed by atoms with Crippen molar-refractivity contribution in [2.75, 3.05) is 0 Å². The minimum Gasteiger partial charge on any atom is -0.0667 e. The Morgan fingerprint density at radius 3 is 2.30 bits per heavy atom. The van der Waals surface area contributed by atoms with E-state index in [1.54, 1.807) is 11.1 Å². The molecule has 20 heavy (non-hydrogen) atoms. The molecule has 0 nitrogen and oxygen atoms in total. The van der Waals surface area contributed by atoms with Crippen molar-refractivity contribution in [3.05, 3.63) is 52.6 Å². The van der Waals surface area contributed by atoms with E-state index in [9.17, 15) is 0 Å². The van der Waals surface area contributed by atoms with Gasteiger partial charge in [-0.15, -0.1) is 0 Å². The first-order valence-corrected chi connectivity index (χ1v) is 8.18. The van der Waals surface area contributed by atoms with E-state index < -0.39 is 0 Å². The van der Waals surface area contributed by atoms with Gasteiger partial charge >= 0.3 is 0 Å². The molecule has 106 valence electrons. The SMILES string of the molecule is CC1=C(CC2CCCC2)CCC(c2ccc(C)cc2)=C1. The van der Waals surface area contributed by atoms with Gasteiger partial charge in [-0.25, -0.2) is 0 Å². The van der Waals surface area contributed by atoms with Gasteiger partial charge in [0.05, 0.1) is 0 Å². The molecule has 3 rings (SSSR count). The smallest absolute Gasteiger partial charge is 0.0224 e. The maximum atomic E-state index is 2.44. The number of aryl methyl sites for hydroxylation is 1. The molecule has 0 spiro atoms. The minimum atomic E-state index is 0.981. The molecule has 2 aliphatic carbocycles. The molecule has 0 aliphatic heterocycles. The molecule has 0 unspecified atom stereocenters. The lowest BCUT2D eigenvalue weighted by atomic mass is 9.84. The highest BCUT2D eigenvalue weighted by molar-refractivity contribution is 5.70. The zero-order chi connectivity index (χ0) is 13.9. The van der Waals surface area contributed by atoms with Crippen LogP contribution in [0.4, 0.5) is 0 Å². The summed E-state index contributed by atoms with van der Waals surface area (Å²) in [6, 6.07) is 9.00. The highest BCUT2D eigenvalue weighted by Gasteiger charge is 2.19. The van der Waals surface area contributed by atoms with Gasteiger partial charge in [0.2, 0.25) is 0 Å². The summed E-state index contributed by atoms with van der Waals surface area (Å²) in [5, 5.41) is 0. The quantitative estimate of drug-likeness (QED) is 0.623. The largest absolute Gasteiger partial charge is 0.0667 e. The van der Waals surface area contributed by atoms with Crippen LogP contribution in [0.1, 0.15) is 63.0 Å². The molecule has 1 aromatic rings. The highest BCUT2D eigenvalue weighted by Crippen LogP contribution is 2.37. The van der Waals surface area contributed by atoms with Gasteiger partial charge in [-0.2, -0.15) is 0 Å². The molecule has 0 saturated heterocycles. The average Bonchev–Trinajstić information content (AvgIpc) is 2.95. The Hall–Kier alpha value is -1.30. The van der Waals surface area contributed by atoms with Crippen LogP contribution in [0, 0.1) is 12.8 Å². The maximum absolute atomic E-state index is 2.44. The molecule has 0 N–H and O–H groups in total. The third-order valence-corrected chi connectivity index (χ3v) is 5.08. The summed E-state index contributed by atoms with van der Waals surface area (Å²) in [6.45, 7) is 4.47. The van der Waals surface area contributed by atoms with Crippen molar-refractivity contribution in [1.82, 2.24) is 0 Å². The van der Waals surface area contributed by atoms with E-state index in [2.05, 4.69) is 44.2 Å². The number of hydrogen-bond donors (Lipinski definition) is 0. The van der Waals surface area contributed by atoms with Crippen molar-refractivity contribution in [3.8, 4) is 0 Å². The molecule has 0 radical (unpaired) electrons. The molecule has 1 saturated carbocycles. The van der Waals surface area contributed by atoms with Crippen molar-refractivity contribution in [1.29, 1.82) is 0 Å². The molecule has 0 amide bonds. The third kappa shape index (κ3) is 3.06. The van der Waals surface area contributed by atoms with Crippen molar-refractivity contribution in [2.24, 2.45) is 5.92 Å². The second-order valence-electron chi connectivity index (χ2n) is 6.68. The Morgan fingerprint density at radius 2 is 1.65 bits per heavy atom. The van der Waals surface area contributed by atoms with E-state index >= 15 is 0 Å². The summed E-state index contributed by atoms with van der Waals surface area (Å²) in [4.78, 5) is 0. The molecule has 0 heterocycles. The molecule has 0 heteroatoms. The second kappa shape index (κ2) is 5.99. The molecular weight excluding hydrogens is 240 g/mol. The predicted octanol–water partition coefficient (Wildman–Crippen LogP) is 6.07. The minimum absolute atomic E-state index is 0.981. The van der Waals surface area contributed by atoms with Crippen LogP contribution in [0.2, 0.25) is 0 Å². The van der Waals surface area contributed by atoms with Crippen LogP contribution in [-0.2, 0) is 0 Å². The van der Waals surface area contributed by atoms with Crippen LogP contribution < -0.4 is 0 Å². The Kier molecular flexibility index (Phi) is 4.10. The van der Waals surface area contributed by atoms with Gasteiger partial charge in [0.15, 0.2) is 0 Å². The molecule has 1 aromatic carbocycles. The fourth-order valence-electron chi connectivity index (χ4n) is 3.74. The predicted molar refractivity (Wildman–Crippen MR) is 87.7 cm³/mol. The Morgan fingerprint density at radius 1 is 0.950 bits per heavy atom. The molecular formula is C20H26. The molecule has 0 bridgehead atoms. The summed E-state index contributed by atoms with van der Waals surface area (Å²) in [6.07, 6.45) is 12.2. The first-order valence-electron chi connectivity index (χ1n) is 8.18. The van der Waals surface area contributed by atoms with E-state index in [0.717, 1.165) is 5.92 Å². The molecule has 2 aliphatic rings. The lowest BCUT2D eigenvalue weighted by molar-refractivity contribution is 0.532. The van der Waals surface area contributed by atoms with Crippen LogP contribution in [0.15, 0.2) is 41.5 Å². The summed E-state index contributed by atoms with van der Waals surface area (Å²) in [5.74, 6) is 0.981. The molecule has 0 aromatic heterocycles. The lowest BCUT2D eigenvalue weighted by Crippen LogP contribution is -2.03. The monoisotopic (exact) mass is 266 g/mol. The van der Waals surface area contributed by atoms with Crippen LogP contribution in [0.25, 0.3) is 5.57 Å². The van der Waals surface area contributed by atoms with Gasteiger partial charge in [-0.1, -0.05) is 72.7 Å². The van der Waals surface area contributed by atoms with Gasteiger partial charge in [0.1, 0.15) is 0 Å². The van der Waals surface area contributed by atoms with Crippen LogP contribution >= 0.6 is 0 Å². The first-order chi connectivity index (χ1) is 9.72. The molecule has 1 fully saturated rings. The van der Waals surface area contributed by atoms with Gasteiger partial charge in [0, 0.05) is 0 Å². The van der Waals surface area contributed by atoms with E-state index in [4.69, 9.17) is 0 Å². The number of hydrogen-bond acceptors (Lipinski definition) is 0. The van der Waals surface area contributed by atoms with Crippen molar-refractivity contribution in [2.45, 2.75) is 58.8 Å². The van der Waals surface area contributed by atoms with E-state index in [1.165, 1.54) is 61.6 Å². The highest BCUT2D eigenvalue weighted by atomic mass is 14.2. The number of benzene rings is 1. The van der Waals surface area contributed by atoms with E-state index in [0.29, 0.717) is 0 Å². The number of allylic oxidation sites excluding steroid dienone is 4. The van der Waals surface area contributed by atoms with Gasteiger partial charge < -0.3 is 0 Å². The summed E-state index contributed by atoms with van der Waals surface area (Å²) in [5.41, 5.74) is 7.55. The fraction of sp³-hybridized carbons (Fsp3) is 0.500. The van der Waals surface area contributed by atoms with Gasteiger partial charge in [-0.05, 0) is 50.2 Å². The van der Waals surface area contributed by atoms with Crippen LogP contribution in [0.5, 0.6) is 0 Å². The summed E-state index contributed by atoms with van der Waals surface area (Å²) < 4.78 is 0.